The molecule has 0 radical (unpaired) electrons. The normalized spacial score (nSPS) is 12.1. The molecule has 0 amide bonds. The highest BCUT2D eigenvalue weighted by Crippen LogP contribution is 2.49. The van der Waals surface area contributed by atoms with E-state index in [-0.39, 0.29) is 9.49 Å². The molecule has 25 heavy (non-hydrogen) atoms. The number of para-hydroxylation sites is 1. The van der Waals surface area contributed by atoms with Gasteiger partial charge in [-0.1, -0.05) is 39.0 Å². The van der Waals surface area contributed by atoms with Crippen molar-refractivity contribution >= 4 is 23.5 Å². The smallest absolute Gasteiger partial charge is 0.132 e. The van der Waals surface area contributed by atoms with E-state index in [1.54, 1.807) is 26.0 Å². The van der Waals surface area contributed by atoms with E-state index < -0.39 is 0 Å². The molecule has 2 aromatic carbocycles. The topological polar surface area (TPSA) is 18.5 Å². The van der Waals surface area contributed by atoms with Crippen molar-refractivity contribution in [3.63, 3.8) is 0 Å². The first-order valence-electron chi connectivity index (χ1n) is 8.36. The predicted octanol–water partition coefficient (Wildman–Crippen LogP) is 6.62. The van der Waals surface area contributed by atoms with Gasteiger partial charge in [-0.15, -0.1) is 23.5 Å². The third-order valence-corrected chi connectivity index (χ3v) is 6.41. The lowest BCUT2D eigenvalue weighted by molar-refractivity contribution is 0.402. The van der Waals surface area contributed by atoms with Gasteiger partial charge in [0.05, 0.1) is 28.1 Å². The Labute approximate surface area is 160 Å². The zero-order chi connectivity index (χ0) is 18.7. The summed E-state index contributed by atoms with van der Waals surface area (Å²) in [5.41, 5.74) is 1.39. The quantitative estimate of drug-likeness (QED) is 0.416. The van der Waals surface area contributed by atoms with E-state index in [2.05, 4.69) is 58.9 Å². The number of benzene rings is 2. The van der Waals surface area contributed by atoms with E-state index in [1.807, 2.05) is 30.0 Å². The molecule has 0 aromatic heterocycles. The number of rotatable bonds is 6. The average Bonchev–Trinajstić information content (AvgIpc) is 2.54. The fourth-order valence-electron chi connectivity index (χ4n) is 2.47. The molecular formula is C21H28O2S2. The van der Waals surface area contributed by atoms with Crippen LogP contribution in [0.5, 0.6) is 11.5 Å². The second kappa shape index (κ2) is 7.96. The highest BCUT2D eigenvalue weighted by molar-refractivity contribution is 8.18. The number of hydrogen-bond donors (Lipinski definition) is 0. The molecule has 0 spiro atoms. The maximum absolute atomic E-state index is 5.67. The maximum Gasteiger partial charge on any atom is 0.132 e. The molecule has 0 heterocycles. The van der Waals surface area contributed by atoms with Gasteiger partial charge in [0.2, 0.25) is 0 Å². The lowest BCUT2D eigenvalue weighted by Crippen LogP contribution is -2.12. The van der Waals surface area contributed by atoms with Gasteiger partial charge in [0.1, 0.15) is 11.5 Å². The van der Waals surface area contributed by atoms with E-state index in [0.717, 1.165) is 21.3 Å². The first kappa shape index (κ1) is 20.1. The molecule has 0 saturated carbocycles. The van der Waals surface area contributed by atoms with Crippen molar-refractivity contribution in [2.75, 3.05) is 14.2 Å². The molecule has 0 fully saturated rings. The number of thioether (sulfide) groups is 2. The minimum Gasteiger partial charge on any atom is -0.496 e. The molecule has 0 aliphatic heterocycles. The standard InChI is InChI=1S/C21H28O2S2/c1-20(2,3)15-12-13-19(17(14-15)23-7)25-21(4,5)24-18-11-9-8-10-16(18)22-6/h8-14H,1-7H3. The molecule has 0 unspecified atom stereocenters. The van der Waals surface area contributed by atoms with Gasteiger partial charge in [-0.05, 0) is 49.1 Å². The zero-order valence-corrected chi connectivity index (χ0v) is 17.8. The van der Waals surface area contributed by atoms with Gasteiger partial charge in [0.15, 0.2) is 0 Å². The van der Waals surface area contributed by atoms with Crippen LogP contribution in [-0.4, -0.2) is 18.3 Å². The molecule has 2 aromatic rings. The molecular weight excluding hydrogens is 348 g/mol. The fraction of sp³-hybridized carbons (Fsp3) is 0.429. The van der Waals surface area contributed by atoms with E-state index >= 15 is 0 Å². The van der Waals surface area contributed by atoms with E-state index in [9.17, 15) is 0 Å². The Morgan fingerprint density at radius 1 is 0.720 bits per heavy atom. The molecule has 0 aliphatic carbocycles. The molecule has 136 valence electrons. The van der Waals surface area contributed by atoms with Gasteiger partial charge >= 0.3 is 0 Å². The van der Waals surface area contributed by atoms with Crippen LogP contribution >= 0.6 is 23.5 Å². The maximum atomic E-state index is 5.67. The van der Waals surface area contributed by atoms with Crippen molar-refractivity contribution in [2.24, 2.45) is 0 Å². The number of hydrogen-bond acceptors (Lipinski definition) is 4. The van der Waals surface area contributed by atoms with E-state index in [1.165, 1.54) is 5.56 Å². The SMILES string of the molecule is COc1ccccc1SC(C)(C)Sc1ccc(C(C)(C)C)cc1OC. The lowest BCUT2D eigenvalue weighted by Gasteiger charge is -2.26. The van der Waals surface area contributed by atoms with Crippen LogP contribution < -0.4 is 9.47 Å². The summed E-state index contributed by atoms with van der Waals surface area (Å²) in [4.78, 5) is 2.30. The summed E-state index contributed by atoms with van der Waals surface area (Å²) in [6, 6.07) is 14.7. The second-order valence-corrected chi connectivity index (χ2v) is 11.0. The molecule has 0 atom stereocenters. The van der Waals surface area contributed by atoms with Gasteiger partial charge < -0.3 is 9.47 Å². The third-order valence-electron chi connectivity index (χ3n) is 3.81. The van der Waals surface area contributed by atoms with Crippen molar-refractivity contribution in [2.45, 2.75) is 53.9 Å². The summed E-state index contributed by atoms with van der Waals surface area (Å²) in [6.07, 6.45) is 0. The van der Waals surface area contributed by atoms with Crippen molar-refractivity contribution in [3.8, 4) is 11.5 Å². The largest absolute Gasteiger partial charge is 0.496 e. The average molecular weight is 377 g/mol. The molecule has 0 bridgehead atoms. The Morgan fingerprint density at radius 3 is 1.84 bits per heavy atom. The summed E-state index contributed by atoms with van der Waals surface area (Å²) < 4.78 is 11.1. The Hall–Kier alpha value is -1.26. The van der Waals surface area contributed by atoms with Gasteiger partial charge in [0, 0.05) is 0 Å². The van der Waals surface area contributed by atoms with Crippen molar-refractivity contribution in [1.82, 2.24) is 0 Å². The Morgan fingerprint density at radius 2 is 1.28 bits per heavy atom. The summed E-state index contributed by atoms with van der Waals surface area (Å²) in [6.45, 7) is 11.1. The molecule has 0 aliphatic rings. The summed E-state index contributed by atoms with van der Waals surface area (Å²) in [5, 5.41) is 0. The molecule has 2 rings (SSSR count). The molecule has 2 nitrogen and oxygen atoms in total. The predicted molar refractivity (Wildman–Crippen MR) is 110 cm³/mol. The highest BCUT2D eigenvalue weighted by Gasteiger charge is 2.25. The van der Waals surface area contributed by atoms with Crippen molar-refractivity contribution in [1.29, 1.82) is 0 Å². The second-order valence-electron chi connectivity index (χ2n) is 7.37. The third kappa shape index (κ3) is 5.35. The Kier molecular flexibility index (Phi) is 6.39. The van der Waals surface area contributed by atoms with Gasteiger partial charge in [-0.25, -0.2) is 0 Å². The first-order valence-corrected chi connectivity index (χ1v) is 9.99. The molecule has 0 N–H and O–H groups in total. The molecule has 0 saturated heterocycles. The van der Waals surface area contributed by atoms with Crippen molar-refractivity contribution in [3.05, 3.63) is 48.0 Å². The van der Waals surface area contributed by atoms with Crippen LogP contribution in [0.2, 0.25) is 0 Å². The minimum absolute atomic E-state index is 0.0643. The van der Waals surface area contributed by atoms with Crippen molar-refractivity contribution < 1.29 is 9.47 Å². The highest BCUT2D eigenvalue weighted by atomic mass is 32.2. The zero-order valence-electron chi connectivity index (χ0n) is 16.2. The number of ether oxygens (including phenoxy) is 2. The van der Waals surface area contributed by atoms with Gasteiger partial charge in [0.25, 0.3) is 0 Å². The van der Waals surface area contributed by atoms with Gasteiger partial charge in [-0.3, -0.25) is 0 Å². The Bertz CT molecular complexity index is 718. The first-order chi connectivity index (χ1) is 11.7. The minimum atomic E-state index is -0.0643. The van der Waals surface area contributed by atoms with Gasteiger partial charge in [-0.2, -0.15) is 0 Å². The number of methoxy groups -OCH3 is 2. The molecule has 4 heteroatoms. The van der Waals surface area contributed by atoms with Crippen LogP contribution in [0.25, 0.3) is 0 Å². The fourth-order valence-corrected chi connectivity index (χ4v) is 5.01. The van der Waals surface area contributed by atoms with Crippen LogP contribution in [0.1, 0.15) is 40.2 Å². The van der Waals surface area contributed by atoms with E-state index in [0.29, 0.717) is 0 Å². The van der Waals surface area contributed by atoms with Crippen LogP contribution in [0.3, 0.4) is 0 Å². The van der Waals surface area contributed by atoms with Crippen LogP contribution in [0.15, 0.2) is 52.3 Å². The van der Waals surface area contributed by atoms with E-state index in [4.69, 9.17) is 9.47 Å². The van der Waals surface area contributed by atoms with Crippen LogP contribution in [0.4, 0.5) is 0 Å². The summed E-state index contributed by atoms with van der Waals surface area (Å²) >= 11 is 3.62. The summed E-state index contributed by atoms with van der Waals surface area (Å²) in [7, 11) is 3.46. The van der Waals surface area contributed by atoms with Crippen LogP contribution in [0, 0.1) is 0 Å². The van der Waals surface area contributed by atoms with Crippen LogP contribution in [-0.2, 0) is 5.41 Å². The monoisotopic (exact) mass is 376 g/mol. The summed E-state index contributed by atoms with van der Waals surface area (Å²) in [5.74, 6) is 1.85. The lowest BCUT2D eigenvalue weighted by atomic mass is 9.87. The Balaban J connectivity index is 2.25.